The molecule has 0 radical (unpaired) electrons. The van der Waals surface area contributed by atoms with Gasteiger partial charge in [-0.05, 0) is 43.5 Å². The molecule has 0 saturated heterocycles. The summed E-state index contributed by atoms with van der Waals surface area (Å²) in [5, 5.41) is 0.667. The maximum Gasteiger partial charge on any atom is 0.0109 e. The zero-order valence-electron chi connectivity index (χ0n) is 9.14. The molecule has 0 unspecified atom stereocenters. The molecule has 0 aromatic heterocycles. The van der Waals surface area contributed by atoms with Crippen molar-refractivity contribution in [3.05, 3.63) is 28.8 Å². The molecule has 0 aliphatic rings. The third-order valence-corrected chi connectivity index (χ3v) is 3.28. The van der Waals surface area contributed by atoms with Crippen LogP contribution in [0.3, 0.4) is 0 Å². The summed E-state index contributed by atoms with van der Waals surface area (Å²) in [5.41, 5.74) is 4.21. The van der Waals surface area contributed by atoms with E-state index in [2.05, 4.69) is 46.8 Å². The highest BCUT2D eigenvalue weighted by atomic mass is 32.2. The molecular formula is C12H18S. The van der Waals surface area contributed by atoms with Crippen molar-refractivity contribution in [2.24, 2.45) is 0 Å². The van der Waals surface area contributed by atoms with Crippen LogP contribution in [0.1, 0.15) is 30.5 Å². The highest BCUT2D eigenvalue weighted by Gasteiger charge is 2.04. The van der Waals surface area contributed by atoms with Crippen LogP contribution in [0.5, 0.6) is 0 Å². The fourth-order valence-corrected chi connectivity index (χ4v) is 2.48. The maximum atomic E-state index is 2.28. The van der Waals surface area contributed by atoms with Gasteiger partial charge in [-0.25, -0.2) is 0 Å². The van der Waals surface area contributed by atoms with Crippen molar-refractivity contribution in [1.82, 2.24) is 0 Å². The Balaban J connectivity index is 3.05. The van der Waals surface area contributed by atoms with Crippen LogP contribution >= 0.6 is 11.8 Å². The SMILES string of the molecule is Cc1cc(C)c(C)c(SC(C)C)c1. The summed E-state index contributed by atoms with van der Waals surface area (Å²) in [4.78, 5) is 1.44. The Morgan fingerprint density at radius 1 is 1.08 bits per heavy atom. The first-order valence-electron chi connectivity index (χ1n) is 4.75. The smallest absolute Gasteiger partial charge is 0.0109 e. The Labute approximate surface area is 85.7 Å². The lowest BCUT2D eigenvalue weighted by Gasteiger charge is -2.11. The van der Waals surface area contributed by atoms with Crippen molar-refractivity contribution in [3.63, 3.8) is 0 Å². The van der Waals surface area contributed by atoms with Crippen molar-refractivity contribution in [3.8, 4) is 0 Å². The maximum absolute atomic E-state index is 2.28. The molecule has 13 heavy (non-hydrogen) atoms. The average Bonchev–Trinajstić information content (AvgIpc) is 1.98. The largest absolute Gasteiger partial charge is 0.123 e. The van der Waals surface area contributed by atoms with Gasteiger partial charge in [0.1, 0.15) is 0 Å². The number of thioether (sulfide) groups is 1. The van der Waals surface area contributed by atoms with Crippen LogP contribution in [0.15, 0.2) is 17.0 Å². The van der Waals surface area contributed by atoms with E-state index in [4.69, 9.17) is 0 Å². The van der Waals surface area contributed by atoms with Crippen LogP contribution in [0, 0.1) is 20.8 Å². The molecule has 0 nitrogen and oxygen atoms in total. The first-order chi connectivity index (χ1) is 6.00. The van der Waals surface area contributed by atoms with E-state index in [9.17, 15) is 0 Å². The molecule has 72 valence electrons. The normalized spacial score (nSPS) is 10.9. The molecule has 0 bridgehead atoms. The van der Waals surface area contributed by atoms with Gasteiger partial charge in [0.25, 0.3) is 0 Å². The minimum atomic E-state index is 0.667. The van der Waals surface area contributed by atoms with E-state index in [0.717, 1.165) is 0 Å². The number of aryl methyl sites for hydroxylation is 2. The summed E-state index contributed by atoms with van der Waals surface area (Å²) in [6, 6.07) is 4.53. The van der Waals surface area contributed by atoms with E-state index in [-0.39, 0.29) is 0 Å². The number of hydrogen-bond donors (Lipinski definition) is 0. The third-order valence-electron chi connectivity index (χ3n) is 2.13. The summed E-state index contributed by atoms with van der Waals surface area (Å²) in [6.07, 6.45) is 0. The van der Waals surface area contributed by atoms with Gasteiger partial charge in [-0.1, -0.05) is 19.9 Å². The van der Waals surface area contributed by atoms with Gasteiger partial charge in [0.2, 0.25) is 0 Å². The van der Waals surface area contributed by atoms with Gasteiger partial charge < -0.3 is 0 Å². The molecule has 0 amide bonds. The van der Waals surface area contributed by atoms with Crippen LogP contribution in [0.2, 0.25) is 0 Å². The number of rotatable bonds is 2. The minimum Gasteiger partial charge on any atom is -0.123 e. The Hall–Kier alpha value is -0.430. The van der Waals surface area contributed by atoms with Gasteiger partial charge in [-0.15, -0.1) is 11.8 Å². The van der Waals surface area contributed by atoms with Gasteiger partial charge in [-0.2, -0.15) is 0 Å². The van der Waals surface area contributed by atoms with Gasteiger partial charge >= 0.3 is 0 Å². The number of hydrogen-bond acceptors (Lipinski definition) is 1. The monoisotopic (exact) mass is 194 g/mol. The van der Waals surface area contributed by atoms with Crippen molar-refractivity contribution in [2.45, 2.75) is 44.8 Å². The van der Waals surface area contributed by atoms with E-state index in [1.807, 2.05) is 11.8 Å². The van der Waals surface area contributed by atoms with E-state index in [0.29, 0.717) is 5.25 Å². The summed E-state index contributed by atoms with van der Waals surface area (Å²) in [5.74, 6) is 0. The first-order valence-corrected chi connectivity index (χ1v) is 5.63. The zero-order valence-corrected chi connectivity index (χ0v) is 9.96. The molecular weight excluding hydrogens is 176 g/mol. The predicted octanol–water partition coefficient (Wildman–Crippen LogP) is 4.11. The molecule has 0 fully saturated rings. The van der Waals surface area contributed by atoms with Crippen molar-refractivity contribution in [1.29, 1.82) is 0 Å². The third kappa shape index (κ3) is 2.77. The summed E-state index contributed by atoms with van der Waals surface area (Å²) >= 11 is 1.95. The fourth-order valence-electron chi connectivity index (χ4n) is 1.38. The lowest BCUT2D eigenvalue weighted by Crippen LogP contribution is -1.92. The average molecular weight is 194 g/mol. The molecule has 1 rings (SSSR count). The minimum absolute atomic E-state index is 0.667. The Morgan fingerprint density at radius 3 is 2.23 bits per heavy atom. The van der Waals surface area contributed by atoms with Crippen LogP contribution in [0.4, 0.5) is 0 Å². The van der Waals surface area contributed by atoms with Crippen LogP contribution in [-0.2, 0) is 0 Å². The lowest BCUT2D eigenvalue weighted by molar-refractivity contribution is 1.10. The molecule has 0 saturated carbocycles. The first kappa shape index (κ1) is 10.6. The Kier molecular flexibility index (Phi) is 3.43. The second-order valence-corrected chi connectivity index (χ2v) is 5.49. The molecule has 0 N–H and O–H groups in total. The second kappa shape index (κ2) is 4.19. The molecule has 0 atom stereocenters. The standard InChI is InChI=1S/C12H18S/c1-8(2)13-12-7-9(3)6-10(4)11(12)5/h6-8H,1-5H3. The van der Waals surface area contributed by atoms with Crippen LogP contribution < -0.4 is 0 Å². The van der Waals surface area contributed by atoms with Crippen molar-refractivity contribution < 1.29 is 0 Å². The predicted molar refractivity (Wildman–Crippen MR) is 61.6 cm³/mol. The van der Waals surface area contributed by atoms with Gasteiger partial charge in [0.15, 0.2) is 0 Å². The summed E-state index contributed by atoms with van der Waals surface area (Å²) in [6.45, 7) is 11.0. The Bertz CT molecular complexity index is 300. The Morgan fingerprint density at radius 2 is 1.69 bits per heavy atom. The fraction of sp³-hybridized carbons (Fsp3) is 0.500. The molecule has 1 heteroatoms. The van der Waals surface area contributed by atoms with E-state index >= 15 is 0 Å². The van der Waals surface area contributed by atoms with E-state index < -0.39 is 0 Å². The van der Waals surface area contributed by atoms with Crippen molar-refractivity contribution in [2.75, 3.05) is 0 Å². The quantitative estimate of drug-likeness (QED) is 0.638. The molecule has 1 aromatic carbocycles. The summed E-state index contributed by atoms with van der Waals surface area (Å²) < 4.78 is 0. The molecule has 1 aromatic rings. The molecule has 0 aliphatic heterocycles. The number of benzene rings is 1. The molecule has 0 spiro atoms. The lowest BCUT2D eigenvalue weighted by atomic mass is 10.1. The highest BCUT2D eigenvalue weighted by Crippen LogP contribution is 2.29. The van der Waals surface area contributed by atoms with Crippen LogP contribution in [0.25, 0.3) is 0 Å². The van der Waals surface area contributed by atoms with Gasteiger partial charge in [0.05, 0.1) is 0 Å². The van der Waals surface area contributed by atoms with E-state index in [1.165, 1.54) is 21.6 Å². The molecule has 0 aliphatic carbocycles. The topological polar surface area (TPSA) is 0 Å². The van der Waals surface area contributed by atoms with E-state index in [1.54, 1.807) is 0 Å². The van der Waals surface area contributed by atoms with Gasteiger partial charge in [0, 0.05) is 10.1 Å². The highest BCUT2D eigenvalue weighted by molar-refractivity contribution is 8.00. The zero-order chi connectivity index (χ0) is 10.0. The second-order valence-electron chi connectivity index (χ2n) is 3.87. The van der Waals surface area contributed by atoms with Gasteiger partial charge in [-0.3, -0.25) is 0 Å². The molecule has 0 heterocycles. The van der Waals surface area contributed by atoms with Crippen molar-refractivity contribution >= 4 is 11.8 Å². The van der Waals surface area contributed by atoms with Crippen LogP contribution in [-0.4, -0.2) is 5.25 Å². The summed E-state index contributed by atoms with van der Waals surface area (Å²) in [7, 11) is 0.